The maximum atomic E-state index is 6.02. The van der Waals surface area contributed by atoms with Crippen LogP contribution in [0.4, 0.5) is 0 Å². The van der Waals surface area contributed by atoms with Gasteiger partial charge >= 0.3 is 0 Å². The molecule has 90 valence electrons. The molecular weight excluding hydrogens is 246 g/mol. The van der Waals surface area contributed by atoms with E-state index in [0.29, 0.717) is 0 Å². The number of pyridine rings is 1. The van der Waals surface area contributed by atoms with Crippen LogP contribution in [0.5, 0.6) is 0 Å². The molecule has 0 fully saturated rings. The van der Waals surface area contributed by atoms with Crippen molar-refractivity contribution in [3.8, 4) is 11.4 Å². The molecule has 0 aliphatic carbocycles. The summed E-state index contributed by atoms with van der Waals surface area (Å²) in [6.07, 6.45) is 0. The van der Waals surface area contributed by atoms with Crippen molar-refractivity contribution < 1.29 is 0 Å². The van der Waals surface area contributed by atoms with Gasteiger partial charge in [0, 0.05) is 16.3 Å². The van der Waals surface area contributed by atoms with Crippen LogP contribution in [0.15, 0.2) is 30.3 Å². The second-order valence-electron chi connectivity index (χ2n) is 4.37. The average molecular weight is 258 g/mol. The summed E-state index contributed by atoms with van der Waals surface area (Å²) in [4.78, 5) is 12.2. The third-order valence-corrected chi connectivity index (χ3v) is 3.34. The first-order chi connectivity index (χ1) is 8.63. The maximum absolute atomic E-state index is 6.02. The van der Waals surface area contributed by atoms with Crippen molar-refractivity contribution >= 4 is 22.8 Å². The molecule has 3 rings (SSSR count). The molecule has 18 heavy (non-hydrogen) atoms. The van der Waals surface area contributed by atoms with E-state index in [1.165, 1.54) is 0 Å². The van der Waals surface area contributed by atoms with Crippen LogP contribution in [0.2, 0.25) is 5.02 Å². The van der Waals surface area contributed by atoms with Gasteiger partial charge in [-0.1, -0.05) is 11.6 Å². The predicted molar refractivity (Wildman–Crippen MR) is 73.8 cm³/mol. The fourth-order valence-electron chi connectivity index (χ4n) is 1.92. The van der Waals surface area contributed by atoms with E-state index in [4.69, 9.17) is 11.6 Å². The van der Waals surface area contributed by atoms with E-state index in [-0.39, 0.29) is 0 Å². The predicted octanol–water partition coefficient (Wildman–Crippen LogP) is 3.90. The Balaban J connectivity index is 2.16. The molecular formula is C14H12ClN3. The molecule has 0 unspecified atom stereocenters. The highest BCUT2D eigenvalue weighted by atomic mass is 35.5. The maximum Gasteiger partial charge on any atom is 0.178 e. The molecule has 0 aliphatic rings. The first-order valence-electron chi connectivity index (χ1n) is 5.73. The number of hydrogen-bond acceptors (Lipinski definition) is 2. The second kappa shape index (κ2) is 4.10. The van der Waals surface area contributed by atoms with Crippen LogP contribution in [-0.2, 0) is 0 Å². The zero-order valence-electron chi connectivity index (χ0n) is 10.2. The molecule has 0 spiro atoms. The summed E-state index contributed by atoms with van der Waals surface area (Å²) in [6, 6.07) is 9.83. The molecule has 3 nitrogen and oxygen atoms in total. The van der Waals surface area contributed by atoms with Gasteiger partial charge in [0.2, 0.25) is 0 Å². The Kier molecular flexibility index (Phi) is 2.56. The van der Waals surface area contributed by atoms with Crippen LogP contribution in [0.1, 0.15) is 11.3 Å². The Morgan fingerprint density at radius 1 is 1.06 bits per heavy atom. The molecule has 0 atom stereocenters. The Bertz CT molecular complexity index is 731. The van der Waals surface area contributed by atoms with Gasteiger partial charge in [-0.25, -0.2) is 9.97 Å². The van der Waals surface area contributed by atoms with Crippen molar-refractivity contribution in [2.45, 2.75) is 13.8 Å². The molecule has 0 aliphatic heterocycles. The highest BCUT2D eigenvalue weighted by Crippen LogP contribution is 2.24. The minimum Gasteiger partial charge on any atom is -0.337 e. The molecule has 1 N–H and O–H groups in total. The summed E-state index contributed by atoms with van der Waals surface area (Å²) < 4.78 is 0. The number of nitrogens with zero attached hydrogens (tertiary/aromatic N) is 2. The Hall–Kier alpha value is -1.87. The summed E-state index contributed by atoms with van der Waals surface area (Å²) in [5.41, 5.74) is 4.72. The van der Waals surface area contributed by atoms with Crippen molar-refractivity contribution in [3.63, 3.8) is 0 Å². The first kappa shape index (κ1) is 11.2. The number of hydrogen-bond donors (Lipinski definition) is 1. The number of imidazole rings is 1. The number of halogens is 1. The van der Waals surface area contributed by atoms with Crippen molar-refractivity contribution in [3.05, 3.63) is 46.6 Å². The summed E-state index contributed by atoms with van der Waals surface area (Å²) in [5.74, 6) is 0.822. The van der Waals surface area contributed by atoms with Gasteiger partial charge in [-0.15, -0.1) is 0 Å². The fraction of sp³-hybridized carbons (Fsp3) is 0.143. The molecule has 1 aromatic carbocycles. The molecule has 0 radical (unpaired) electrons. The van der Waals surface area contributed by atoms with E-state index >= 15 is 0 Å². The lowest BCUT2D eigenvalue weighted by molar-refractivity contribution is 1.22. The third-order valence-electron chi connectivity index (χ3n) is 2.92. The molecule has 0 bridgehead atoms. The van der Waals surface area contributed by atoms with E-state index < -0.39 is 0 Å². The minimum absolute atomic E-state index is 0.748. The summed E-state index contributed by atoms with van der Waals surface area (Å²) in [5, 5.41) is 0.767. The van der Waals surface area contributed by atoms with Crippen LogP contribution in [0.3, 0.4) is 0 Å². The lowest BCUT2D eigenvalue weighted by Gasteiger charge is -2.00. The van der Waals surface area contributed by atoms with Crippen LogP contribution >= 0.6 is 11.6 Å². The SMILES string of the molecule is Cc1ccc2[nH]c(-c3ccc(Cl)c(C)c3)nc2n1. The number of nitrogens with one attached hydrogen (secondary N) is 1. The Morgan fingerprint density at radius 2 is 1.89 bits per heavy atom. The van der Waals surface area contributed by atoms with Gasteiger partial charge in [0.15, 0.2) is 5.65 Å². The number of H-pyrrole nitrogens is 1. The van der Waals surface area contributed by atoms with Gasteiger partial charge in [0.05, 0.1) is 5.52 Å². The van der Waals surface area contributed by atoms with E-state index in [1.54, 1.807) is 0 Å². The van der Waals surface area contributed by atoms with Crippen molar-refractivity contribution in [1.82, 2.24) is 15.0 Å². The zero-order chi connectivity index (χ0) is 12.7. The monoisotopic (exact) mass is 257 g/mol. The summed E-state index contributed by atoms with van der Waals surface area (Å²) in [7, 11) is 0. The zero-order valence-corrected chi connectivity index (χ0v) is 10.9. The van der Waals surface area contributed by atoms with E-state index in [9.17, 15) is 0 Å². The van der Waals surface area contributed by atoms with Gasteiger partial charge in [0.1, 0.15) is 5.82 Å². The molecule has 0 saturated heterocycles. The summed E-state index contributed by atoms with van der Waals surface area (Å²) >= 11 is 6.02. The number of aromatic nitrogens is 3. The highest BCUT2D eigenvalue weighted by molar-refractivity contribution is 6.31. The number of aryl methyl sites for hydroxylation is 2. The normalized spacial score (nSPS) is 11.1. The van der Waals surface area contributed by atoms with Crippen LogP contribution in [0.25, 0.3) is 22.6 Å². The van der Waals surface area contributed by atoms with E-state index in [2.05, 4.69) is 15.0 Å². The molecule has 0 amide bonds. The largest absolute Gasteiger partial charge is 0.337 e. The third kappa shape index (κ3) is 1.87. The number of rotatable bonds is 1. The first-order valence-corrected chi connectivity index (χ1v) is 6.11. The van der Waals surface area contributed by atoms with Crippen molar-refractivity contribution in [2.24, 2.45) is 0 Å². The lowest BCUT2D eigenvalue weighted by atomic mass is 10.1. The number of fused-ring (bicyclic) bond motifs is 1. The lowest BCUT2D eigenvalue weighted by Crippen LogP contribution is -1.83. The fourth-order valence-corrected chi connectivity index (χ4v) is 2.03. The highest BCUT2D eigenvalue weighted by Gasteiger charge is 2.07. The average Bonchev–Trinajstić information content (AvgIpc) is 2.75. The smallest absolute Gasteiger partial charge is 0.178 e. The van der Waals surface area contributed by atoms with Gasteiger partial charge in [-0.3, -0.25) is 0 Å². The molecule has 0 saturated carbocycles. The summed E-state index contributed by atoms with van der Waals surface area (Å²) in [6.45, 7) is 3.94. The standard InChI is InChI=1S/C14H12ClN3/c1-8-7-10(4-5-11(8)15)13-17-12-6-3-9(2)16-14(12)18-13/h3-7H,1-2H3,(H,16,17,18). The van der Waals surface area contributed by atoms with Crippen LogP contribution in [-0.4, -0.2) is 15.0 Å². The Morgan fingerprint density at radius 3 is 2.67 bits per heavy atom. The quantitative estimate of drug-likeness (QED) is 0.718. The van der Waals surface area contributed by atoms with E-state index in [0.717, 1.165) is 38.8 Å². The Labute approximate surface area is 110 Å². The van der Waals surface area contributed by atoms with E-state index in [1.807, 2.05) is 44.2 Å². The molecule has 4 heteroatoms. The second-order valence-corrected chi connectivity index (χ2v) is 4.78. The van der Waals surface area contributed by atoms with Gasteiger partial charge in [-0.05, 0) is 49.7 Å². The van der Waals surface area contributed by atoms with Crippen LogP contribution < -0.4 is 0 Å². The molecule has 3 aromatic rings. The minimum atomic E-state index is 0.748. The van der Waals surface area contributed by atoms with Crippen molar-refractivity contribution in [2.75, 3.05) is 0 Å². The molecule has 2 heterocycles. The van der Waals surface area contributed by atoms with Gasteiger partial charge in [0.25, 0.3) is 0 Å². The number of aromatic amines is 1. The van der Waals surface area contributed by atoms with Crippen molar-refractivity contribution in [1.29, 1.82) is 0 Å². The number of benzene rings is 1. The molecule has 2 aromatic heterocycles. The van der Waals surface area contributed by atoms with Gasteiger partial charge < -0.3 is 4.98 Å². The van der Waals surface area contributed by atoms with Crippen LogP contribution in [0, 0.1) is 13.8 Å². The van der Waals surface area contributed by atoms with Gasteiger partial charge in [-0.2, -0.15) is 0 Å². The topological polar surface area (TPSA) is 41.6 Å².